The normalized spacial score (nSPS) is 14.5. The smallest absolute Gasteiger partial charge is 0.341 e. The first-order chi connectivity index (χ1) is 13.0. The molecule has 1 saturated heterocycles. The van der Waals surface area contributed by atoms with Crippen LogP contribution in [0.15, 0.2) is 41.4 Å². The highest BCUT2D eigenvalue weighted by atomic mass is 127. The number of ether oxygens (including phenoxy) is 2. The van der Waals surface area contributed by atoms with E-state index >= 15 is 0 Å². The Balaban J connectivity index is 1.69. The van der Waals surface area contributed by atoms with Crippen LogP contribution in [0, 0.1) is 7.14 Å². The Hall–Kier alpha value is -1.40. The minimum atomic E-state index is -0.993. The van der Waals surface area contributed by atoms with Crippen molar-refractivity contribution in [1.82, 2.24) is 0 Å². The van der Waals surface area contributed by atoms with Gasteiger partial charge in [-0.15, -0.1) is 0 Å². The summed E-state index contributed by atoms with van der Waals surface area (Å²) in [6.07, 6.45) is 1.80. The Bertz CT molecular complexity index is 811. The molecule has 1 aliphatic heterocycles. The number of hydrogen-bond acceptors (Lipinski definition) is 5. The van der Waals surface area contributed by atoms with Crippen LogP contribution in [0.1, 0.15) is 5.56 Å². The van der Waals surface area contributed by atoms with Gasteiger partial charge in [0.15, 0.2) is 6.61 Å². The first-order valence-electron chi connectivity index (χ1n) is 8.33. The Kier molecular flexibility index (Phi) is 7.30. The Labute approximate surface area is 184 Å². The average molecular weight is 592 g/mol. The van der Waals surface area contributed by atoms with Gasteiger partial charge in [0.05, 0.1) is 26.0 Å². The molecule has 8 heteroatoms. The third kappa shape index (κ3) is 5.79. The summed E-state index contributed by atoms with van der Waals surface area (Å²) in [7, 11) is 0. The SMILES string of the molecule is O=C(O)COc1c(I)cc(C=Nc2ccc(N3CCOCC3)cc2)cc1I. The van der Waals surface area contributed by atoms with Crippen LogP contribution in [-0.2, 0) is 9.53 Å². The van der Waals surface area contributed by atoms with Crippen molar-refractivity contribution in [2.45, 2.75) is 0 Å². The number of morpholine rings is 1. The molecule has 0 spiro atoms. The summed E-state index contributed by atoms with van der Waals surface area (Å²) < 4.78 is 12.4. The van der Waals surface area contributed by atoms with Gasteiger partial charge in [-0.3, -0.25) is 4.99 Å². The van der Waals surface area contributed by atoms with Gasteiger partial charge in [-0.2, -0.15) is 0 Å². The van der Waals surface area contributed by atoms with E-state index < -0.39 is 5.97 Å². The fourth-order valence-corrected chi connectivity index (χ4v) is 4.77. The van der Waals surface area contributed by atoms with Crippen molar-refractivity contribution < 1.29 is 19.4 Å². The number of anilines is 1. The second-order valence-corrected chi connectivity index (χ2v) is 8.19. The zero-order valence-electron chi connectivity index (χ0n) is 14.4. The monoisotopic (exact) mass is 592 g/mol. The predicted octanol–water partition coefficient (Wildman–Crippen LogP) is 3.95. The summed E-state index contributed by atoms with van der Waals surface area (Å²) in [5, 5.41) is 8.76. The molecule has 1 aliphatic rings. The molecule has 0 aliphatic carbocycles. The van der Waals surface area contributed by atoms with Crippen molar-refractivity contribution in [2.75, 3.05) is 37.8 Å². The van der Waals surface area contributed by atoms with E-state index in [1.54, 1.807) is 6.21 Å². The Morgan fingerprint density at radius 3 is 2.41 bits per heavy atom. The molecule has 1 N–H and O–H groups in total. The molecule has 0 saturated carbocycles. The summed E-state index contributed by atoms with van der Waals surface area (Å²) >= 11 is 4.28. The summed E-state index contributed by atoms with van der Waals surface area (Å²) in [5.41, 5.74) is 2.99. The van der Waals surface area contributed by atoms with Gasteiger partial charge in [0.2, 0.25) is 0 Å². The highest BCUT2D eigenvalue weighted by molar-refractivity contribution is 14.1. The lowest BCUT2D eigenvalue weighted by molar-refractivity contribution is -0.139. The van der Waals surface area contributed by atoms with E-state index in [0.717, 1.165) is 44.7 Å². The van der Waals surface area contributed by atoms with E-state index in [1.807, 2.05) is 24.3 Å². The number of carboxylic acid groups (broad SMARTS) is 1. The number of halogens is 2. The van der Waals surface area contributed by atoms with Crippen LogP contribution >= 0.6 is 45.2 Å². The first-order valence-corrected chi connectivity index (χ1v) is 10.5. The molecule has 1 heterocycles. The molecular formula is C19H18I2N2O4. The number of carbonyl (C=O) groups is 1. The second kappa shape index (κ2) is 9.69. The molecular weight excluding hydrogens is 574 g/mol. The van der Waals surface area contributed by atoms with Crippen molar-refractivity contribution in [2.24, 2.45) is 4.99 Å². The molecule has 0 radical (unpaired) electrons. The molecule has 0 amide bonds. The van der Waals surface area contributed by atoms with Crippen LogP contribution in [0.4, 0.5) is 11.4 Å². The minimum absolute atomic E-state index is 0.352. The summed E-state index contributed by atoms with van der Waals surface area (Å²) in [6.45, 7) is 3.01. The quantitative estimate of drug-likeness (QED) is 0.407. The molecule has 142 valence electrons. The first kappa shape index (κ1) is 20.3. The molecule has 0 aromatic heterocycles. The van der Waals surface area contributed by atoms with Crippen molar-refractivity contribution in [3.8, 4) is 5.75 Å². The maximum Gasteiger partial charge on any atom is 0.341 e. The van der Waals surface area contributed by atoms with Crippen LogP contribution < -0.4 is 9.64 Å². The van der Waals surface area contributed by atoms with Crippen LogP contribution in [0.25, 0.3) is 0 Å². The van der Waals surface area contributed by atoms with Crippen LogP contribution in [-0.4, -0.2) is 50.2 Å². The second-order valence-electron chi connectivity index (χ2n) is 5.87. The topological polar surface area (TPSA) is 71.4 Å². The van der Waals surface area contributed by atoms with Crippen molar-refractivity contribution in [3.63, 3.8) is 0 Å². The van der Waals surface area contributed by atoms with Gasteiger partial charge in [-0.25, -0.2) is 4.79 Å². The summed E-state index contributed by atoms with van der Waals surface area (Å²) in [6, 6.07) is 12.0. The maximum atomic E-state index is 10.7. The van der Waals surface area contributed by atoms with E-state index in [2.05, 4.69) is 67.2 Å². The fourth-order valence-electron chi connectivity index (χ4n) is 2.65. The average Bonchev–Trinajstić information content (AvgIpc) is 2.66. The minimum Gasteiger partial charge on any atom is -0.480 e. The molecule has 0 atom stereocenters. The van der Waals surface area contributed by atoms with E-state index in [9.17, 15) is 4.79 Å². The summed E-state index contributed by atoms with van der Waals surface area (Å²) in [5.74, 6) is -0.404. The molecule has 0 bridgehead atoms. The third-order valence-corrected chi connectivity index (χ3v) is 5.55. The zero-order valence-corrected chi connectivity index (χ0v) is 18.7. The summed E-state index contributed by atoms with van der Waals surface area (Å²) in [4.78, 5) is 17.5. The predicted molar refractivity (Wildman–Crippen MR) is 122 cm³/mol. The molecule has 0 unspecified atom stereocenters. The number of carboxylic acids is 1. The lowest BCUT2D eigenvalue weighted by Gasteiger charge is -2.28. The highest BCUT2D eigenvalue weighted by Gasteiger charge is 2.11. The molecule has 27 heavy (non-hydrogen) atoms. The Morgan fingerprint density at radius 1 is 1.19 bits per heavy atom. The molecule has 1 fully saturated rings. The van der Waals surface area contributed by atoms with Crippen molar-refractivity contribution in [3.05, 3.63) is 49.1 Å². The van der Waals surface area contributed by atoms with Crippen LogP contribution in [0.2, 0.25) is 0 Å². The van der Waals surface area contributed by atoms with Gasteiger partial charge in [0.25, 0.3) is 0 Å². The highest BCUT2D eigenvalue weighted by Crippen LogP contribution is 2.29. The standard InChI is InChI=1S/C19H18I2N2O4/c20-16-9-13(10-17(21)19(16)27-12-18(24)25)11-22-14-1-3-15(4-2-14)23-5-7-26-8-6-23/h1-4,9-11H,5-8,12H2,(H,24,25). The fraction of sp³-hybridized carbons (Fsp3) is 0.263. The third-order valence-electron chi connectivity index (χ3n) is 3.95. The van der Waals surface area contributed by atoms with E-state index in [1.165, 1.54) is 5.69 Å². The van der Waals surface area contributed by atoms with Crippen molar-refractivity contribution >= 4 is 68.7 Å². The molecule has 2 aromatic rings. The molecule has 6 nitrogen and oxygen atoms in total. The maximum absolute atomic E-state index is 10.7. The van der Waals surface area contributed by atoms with E-state index in [-0.39, 0.29) is 6.61 Å². The molecule has 3 rings (SSSR count). The number of nitrogens with zero attached hydrogens (tertiary/aromatic N) is 2. The largest absolute Gasteiger partial charge is 0.480 e. The number of hydrogen-bond donors (Lipinski definition) is 1. The van der Waals surface area contributed by atoms with E-state index in [4.69, 9.17) is 14.6 Å². The Morgan fingerprint density at radius 2 is 1.81 bits per heavy atom. The number of rotatable bonds is 6. The van der Waals surface area contributed by atoms with Crippen LogP contribution in [0.5, 0.6) is 5.75 Å². The van der Waals surface area contributed by atoms with Gasteiger partial charge in [0, 0.05) is 25.0 Å². The van der Waals surface area contributed by atoms with Crippen LogP contribution in [0.3, 0.4) is 0 Å². The lowest BCUT2D eigenvalue weighted by atomic mass is 10.2. The lowest BCUT2D eigenvalue weighted by Crippen LogP contribution is -2.36. The number of aliphatic imine (C=N–C) groups is 1. The van der Waals surface area contributed by atoms with Gasteiger partial charge in [0.1, 0.15) is 5.75 Å². The van der Waals surface area contributed by atoms with Gasteiger partial charge in [-0.05, 0) is 87.1 Å². The molecule has 2 aromatic carbocycles. The van der Waals surface area contributed by atoms with E-state index in [0.29, 0.717) is 5.75 Å². The number of benzene rings is 2. The van der Waals surface area contributed by atoms with Gasteiger partial charge >= 0.3 is 5.97 Å². The van der Waals surface area contributed by atoms with Gasteiger partial charge in [-0.1, -0.05) is 0 Å². The zero-order chi connectivity index (χ0) is 19.2. The van der Waals surface area contributed by atoms with Crippen molar-refractivity contribution in [1.29, 1.82) is 0 Å². The van der Waals surface area contributed by atoms with Gasteiger partial charge < -0.3 is 19.5 Å². The number of aliphatic carboxylic acids is 1.